The molecule has 1 aliphatic heterocycles. The van der Waals surface area contributed by atoms with Crippen LogP contribution in [0.15, 0.2) is 66.9 Å². The van der Waals surface area contributed by atoms with Gasteiger partial charge in [-0.25, -0.2) is 9.97 Å². The van der Waals surface area contributed by atoms with Crippen LogP contribution >= 0.6 is 0 Å². The lowest BCUT2D eigenvalue weighted by Gasteiger charge is -2.17. The van der Waals surface area contributed by atoms with E-state index >= 15 is 0 Å². The Bertz CT molecular complexity index is 977. The zero-order chi connectivity index (χ0) is 20.1. The van der Waals surface area contributed by atoms with Crippen molar-refractivity contribution in [3.63, 3.8) is 0 Å². The molecule has 1 unspecified atom stereocenters. The molecule has 1 fully saturated rings. The van der Waals surface area contributed by atoms with Crippen molar-refractivity contribution in [2.45, 2.75) is 25.3 Å². The van der Waals surface area contributed by atoms with Gasteiger partial charge in [0.1, 0.15) is 5.75 Å². The molecule has 1 aromatic heterocycles. The highest BCUT2D eigenvalue weighted by Crippen LogP contribution is 2.21. The van der Waals surface area contributed by atoms with Gasteiger partial charge in [0.25, 0.3) is 0 Å². The highest BCUT2D eigenvalue weighted by molar-refractivity contribution is 5.76. The number of benzene rings is 2. The van der Waals surface area contributed by atoms with Gasteiger partial charge in [0, 0.05) is 37.3 Å². The topological polar surface area (TPSA) is 78.4 Å². The normalized spacial score (nSPS) is 16.0. The smallest absolute Gasteiger partial charge is 0.225 e. The maximum absolute atomic E-state index is 12.3. The van der Waals surface area contributed by atoms with Crippen molar-refractivity contribution in [2.24, 2.45) is 0 Å². The number of aromatic nitrogens is 2. The van der Waals surface area contributed by atoms with Crippen LogP contribution in [0, 0.1) is 0 Å². The van der Waals surface area contributed by atoms with Gasteiger partial charge in [-0.2, -0.15) is 0 Å². The molecule has 29 heavy (non-hydrogen) atoms. The van der Waals surface area contributed by atoms with Crippen molar-refractivity contribution in [2.75, 3.05) is 18.0 Å². The fourth-order valence-corrected chi connectivity index (χ4v) is 3.60. The molecule has 1 saturated heterocycles. The van der Waals surface area contributed by atoms with Crippen LogP contribution in [0.1, 0.15) is 18.4 Å². The largest absolute Gasteiger partial charge is 0.508 e. The van der Waals surface area contributed by atoms with Crippen LogP contribution in [0.2, 0.25) is 0 Å². The monoisotopic (exact) mass is 388 g/mol. The molecule has 2 heterocycles. The van der Waals surface area contributed by atoms with Gasteiger partial charge >= 0.3 is 0 Å². The summed E-state index contributed by atoms with van der Waals surface area (Å²) in [4.78, 5) is 23.6. The van der Waals surface area contributed by atoms with Crippen LogP contribution < -0.4 is 10.2 Å². The third kappa shape index (κ3) is 4.90. The molecular weight excluding hydrogens is 364 g/mol. The Morgan fingerprint density at radius 3 is 2.83 bits per heavy atom. The molecule has 0 bridgehead atoms. The Balaban J connectivity index is 1.32. The Morgan fingerprint density at radius 2 is 2.00 bits per heavy atom. The molecule has 4 rings (SSSR count). The number of nitrogens with zero attached hydrogens (tertiary/aromatic N) is 3. The highest BCUT2D eigenvalue weighted by atomic mass is 16.3. The molecule has 2 aromatic carbocycles. The average Bonchev–Trinajstić information content (AvgIpc) is 3.22. The summed E-state index contributed by atoms with van der Waals surface area (Å²) < 4.78 is 0. The molecular formula is C23H24N4O2. The van der Waals surface area contributed by atoms with Crippen LogP contribution in [0.3, 0.4) is 0 Å². The van der Waals surface area contributed by atoms with E-state index in [1.165, 1.54) is 0 Å². The number of aryl methyl sites for hydroxylation is 1. The summed E-state index contributed by atoms with van der Waals surface area (Å²) in [5.74, 6) is 0.953. The van der Waals surface area contributed by atoms with Crippen molar-refractivity contribution in [1.82, 2.24) is 15.3 Å². The number of phenols is 1. The van der Waals surface area contributed by atoms with Crippen LogP contribution in [-0.2, 0) is 11.2 Å². The van der Waals surface area contributed by atoms with Gasteiger partial charge in [0.2, 0.25) is 11.9 Å². The zero-order valence-corrected chi connectivity index (χ0v) is 16.2. The molecule has 0 spiro atoms. The number of hydrogen-bond acceptors (Lipinski definition) is 5. The Labute approximate surface area is 170 Å². The minimum absolute atomic E-state index is 0.0270. The molecule has 0 aliphatic carbocycles. The Kier molecular flexibility index (Phi) is 5.70. The minimum atomic E-state index is 0.0270. The second-order valence-electron chi connectivity index (χ2n) is 7.28. The second-order valence-corrected chi connectivity index (χ2v) is 7.28. The van der Waals surface area contributed by atoms with Crippen LogP contribution in [-0.4, -0.2) is 40.1 Å². The first kappa shape index (κ1) is 18.9. The summed E-state index contributed by atoms with van der Waals surface area (Å²) in [6.45, 7) is 1.52. The lowest BCUT2D eigenvalue weighted by Crippen LogP contribution is -2.37. The van der Waals surface area contributed by atoms with E-state index in [0.717, 1.165) is 29.8 Å². The lowest BCUT2D eigenvalue weighted by molar-refractivity contribution is -0.121. The maximum Gasteiger partial charge on any atom is 0.225 e. The summed E-state index contributed by atoms with van der Waals surface area (Å²) in [7, 11) is 0. The fraction of sp³-hybridized carbons (Fsp3) is 0.261. The average molecular weight is 388 g/mol. The van der Waals surface area contributed by atoms with Gasteiger partial charge in [-0.15, -0.1) is 0 Å². The summed E-state index contributed by atoms with van der Waals surface area (Å²) >= 11 is 0. The van der Waals surface area contributed by atoms with Gasteiger partial charge in [-0.1, -0.05) is 42.5 Å². The number of phenolic OH excluding ortho intramolecular Hbond substituents is 1. The predicted molar refractivity (Wildman–Crippen MR) is 113 cm³/mol. The number of anilines is 1. The van der Waals surface area contributed by atoms with Gasteiger partial charge < -0.3 is 15.3 Å². The van der Waals surface area contributed by atoms with E-state index in [9.17, 15) is 9.90 Å². The van der Waals surface area contributed by atoms with Crippen molar-refractivity contribution in [3.8, 4) is 17.0 Å². The van der Waals surface area contributed by atoms with Crippen molar-refractivity contribution in [1.29, 1.82) is 0 Å². The van der Waals surface area contributed by atoms with Gasteiger partial charge in [-0.05, 0) is 36.6 Å². The molecule has 2 N–H and O–H groups in total. The minimum Gasteiger partial charge on any atom is -0.508 e. The van der Waals surface area contributed by atoms with Gasteiger partial charge in [0.05, 0.1) is 5.69 Å². The fourth-order valence-electron chi connectivity index (χ4n) is 3.60. The van der Waals surface area contributed by atoms with Crippen LogP contribution in [0.5, 0.6) is 5.75 Å². The summed E-state index contributed by atoms with van der Waals surface area (Å²) in [5, 5.41) is 12.6. The van der Waals surface area contributed by atoms with Gasteiger partial charge in [0.15, 0.2) is 0 Å². The molecule has 6 nitrogen and oxygen atoms in total. The van der Waals surface area contributed by atoms with Gasteiger partial charge in [-0.3, -0.25) is 4.79 Å². The number of aromatic hydroxyl groups is 1. The number of carbonyl (C=O) groups excluding carboxylic acids is 1. The number of amides is 1. The van der Waals surface area contributed by atoms with E-state index in [1.54, 1.807) is 24.4 Å². The van der Waals surface area contributed by atoms with Crippen LogP contribution in [0.4, 0.5) is 5.95 Å². The van der Waals surface area contributed by atoms with Crippen molar-refractivity contribution < 1.29 is 9.90 Å². The summed E-state index contributed by atoms with van der Waals surface area (Å²) in [6.07, 6.45) is 3.67. The highest BCUT2D eigenvalue weighted by Gasteiger charge is 2.25. The molecule has 1 aliphatic rings. The van der Waals surface area contributed by atoms with E-state index in [1.807, 2.05) is 42.5 Å². The van der Waals surface area contributed by atoms with Crippen LogP contribution in [0.25, 0.3) is 11.3 Å². The van der Waals surface area contributed by atoms with E-state index in [2.05, 4.69) is 15.2 Å². The Hall–Kier alpha value is -3.41. The number of nitrogens with one attached hydrogen (secondary N) is 1. The first-order valence-electron chi connectivity index (χ1n) is 9.88. The van der Waals surface area contributed by atoms with E-state index in [4.69, 9.17) is 4.98 Å². The number of rotatable bonds is 6. The zero-order valence-electron chi connectivity index (χ0n) is 16.2. The van der Waals surface area contributed by atoms with Crippen molar-refractivity contribution in [3.05, 3.63) is 72.4 Å². The molecule has 1 amide bonds. The first-order chi connectivity index (χ1) is 14.2. The van der Waals surface area contributed by atoms with E-state index in [0.29, 0.717) is 25.3 Å². The quantitative estimate of drug-likeness (QED) is 0.678. The molecule has 0 saturated carbocycles. The Morgan fingerprint density at radius 1 is 1.14 bits per heavy atom. The first-order valence-corrected chi connectivity index (χ1v) is 9.88. The summed E-state index contributed by atoms with van der Waals surface area (Å²) in [5.41, 5.74) is 2.92. The maximum atomic E-state index is 12.3. The third-order valence-electron chi connectivity index (χ3n) is 5.10. The lowest BCUT2D eigenvalue weighted by atomic mass is 10.1. The van der Waals surface area contributed by atoms with E-state index in [-0.39, 0.29) is 17.7 Å². The summed E-state index contributed by atoms with van der Waals surface area (Å²) in [6, 6.07) is 19.1. The molecule has 1 atom stereocenters. The number of hydrogen-bond donors (Lipinski definition) is 2. The molecule has 148 valence electrons. The standard InChI is InChI=1S/C23H24N4O2/c28-20-8-4-5-17(15-20)9-10-22(29)25-19-12-14-27(16-19)23-24-13-11-21(26-23)18-6-2-1-3-7-18/h1-8,11,13,15,19,28H,9-10,12,14,16H2,(H,25,29). The predicted octanol–water partition coefficient (Wildman–Crippen LogP) is 3.18. The SMILES string of the molecule is O=C(CCc1cccc(O)c1)NC1CCN(c2nccc(-c3ccccc3)n2)C1. The molecule has 0 radical (unpaired) electrons. The third-order valence-corrected chi connectivity index (χ3v) is 5.10. The number of carbonyl (C=O) groups is 1. The second kappa shape index (κ2) is 8.73. The molecule has 6 heteroatoms. The van der Waals surface area contributed by atoms with E-state index < -0.39 is 0 Å². The van der Waals surface area contributed by atoms with Crippen molar-refractivity contribution >= 4 is 11.9 Å². The molecule has 3 aromatic rings.